The van der Waals surface area contributed by atoms with E-state index in [1.54, 1.807) is 6.92 Å². The summed E-state index contributed by atoms with van der Waals surface area (Å²) in [5.74, 6) is -2.29. The van der Waals surface area contributed by atoms with E-state index >= 15 is 0 Å². The Hall–Kier alpha value is -1.56. The van der Waals surface area contributed by atoms with Gasteiger partial charge < -0.3 is 5.32 Å². The third-order valence-electron chi connectivity index (χ3n) is 3.20. The summed E-state index contributed by atoms with van der Waals surface area (Å²) in [5.41, 5.74) is -0.558. The van der Waals surface area contributed by atoms with Crippen LogP contribution in [-0.2, 0) is 0 Å². The maximum absolute atomic E-state index is 13.5. The number of nitro benzene ring substituents is 1. The van der Waals surface area contributed by atoms with Crippen molar-refractivity contribution >= 4 is 5.69 Å². The second-order valence-electron chi connectivity index (χ2n) is 4.61. The van der Waals surface area contributed by atoms with Crippen LogP contribution in [0.5, 0.6) is 0 Å². The summed E-state index contributed by atoms with van der Waals surface area (Å²) >= 11 is 0. The fourth-order valence-electron chi connectivity index (χ4n) is 1.94. The number of hydrogen-bond donors (Lipinski definition) is 1. The Morgan fingerprint density at radius 3 is 2.53 bits per heavy atom. The molecule has 0 aliphatic rings. The molecule has 19 heavy (non-hydrogen) atoms. The van der Waals surface area contributed by atoms with Crippen molar-refractivity contribution < 1.29 is 13.7 Å². The van der Waals surface area contributed by atoms with E-state index in [9.17, 15) is 18.9 Å². The number of halogens is 2. The van der Waals surface area contributed by atoms with Crippen molar-refractivity contribution in [2.24, 2.45) is 0 Å². The van der Waals surface area contributed by atoms with Gasteiger partial charge in [-0.2, -0.15) is 4.39 Å². The number of hydrogen-bond acceptors (Lipinski definition) is 3. The maximum atomic E-state index is 13.5. The van der Waals surface area contributed by atoms with Gasteiger partial charge in [-0.1, -0.05) is 13.8 Å². The fourth-order valence-corrected chi connectivity index (χ4v) is 1.94. The molecule has 6 heteroatoms. The van der Waals surface area contributed by atoms with Crippen LogP contribution in [0.15, 0.2) is 12.1 Å². The molecule has 0 heterocycles. The lowest BCUT2D eigenvalue weighted by molar-refractivity contribution is -0.388. The molecule has 1 aromatic rings. The van der Waals surface area contributed by atoms with Crippen LogP contribution in [0, 0.1) is 21.7 Å². The van der Waals surface area contributed by atoms with Gasteiger partial charge in [0.25, 0.3) is 0 Å². The molecule has 2 unspecified atom stereocenters. The Balaban J connectivity index is 3.14. The molecule has 1 N–H and O–H groups in total. The summed E-state index contributed by atoms with van der Waals surface area (Å²) in [4.78, 5) is 10.1. The van der Waals surface area contributed by atoms with Gasteiger partial charge in [-0.25, -0.2) is 4.39 Å². The second kappa shape index (κ2) is 6.56. The molecule has 0 saturated heterocycles. The van der Waals surface area contributed by atoms with Crippen LogP contribution < -0.4 is 5.32 Å². The molecular formula is C13H18F2N2O2. The van der Waals surface area contributed by atoms with Crippen molar-refractivity contribution in [2.75, 3.05) is 6.54 Å². The summed E-state index contributed by atoms with van der Waals surface area (Å²) < 4.78 is 26.8. The first-order chi connectivity index (χ1) is 8.88. The monoisotopic (exact) mass is 272 g/mol. The summed E-state index contributed by atoms with van der Waals surface area (Å²) in [6.07, 6.45) is 0.913. The minimum absolute atomic E-state index is 0.0820. The quantitative estimate of drug-likeness (QED) is 0.638. The van der Waals surface area contributed by atoms with Crippen LogP contribution in [-0.4, -0.2) is 17.5 Å². The van der Waals surface area contributed by atoms with Crippen molar-refractivity contribution in [1.29, 1.82) is 0 Å². The molecule has 0 aromatic heterocycles. The highest BCUT2D eigenvalue weighted by molar-refractivity contribution is 5.44. The van der Waals surface area contributed by atoms with E-state index in [-0.39, 0.29) is 17.5 Å². The molecule has 0 bridgehead atoms. The van der Waals surface area contributed by atoms with Gasteiger partial charge in [0.05, 0.1) is 4.92 Å². The first kappa shape index (κ1) is 15.5. The van der Waals surface area contributed by atoms with E-state index in [1.807, 2.05) is 13.8 Å². The lowest BCUT2D eigenvalue weighted by atomic mass is 9.92. The lowest BCUT2D eigenvalue weighted by Gasteiger charge is -2.21. The Labute approximate surface area is 111 Å². The highest BCUT2D eigenvalue weighted by Gasteiger charge is 2.27. The van der Waals surface area contributed by atoms with Crippen molar-refractivity contribution in [2.45, 2.75) is 39.2 Å². The minimum atomic E-state index is -1.13. The first-order valence-electron chi connectivity index (χ1n) is 6.25. The van der Waals surface area contributed by atoms with E-state index in [1.165, 1.54) is 0 Å². The van der Waals surface area contributed by atoms with Gasteiger partial charge in [-0.15, -0.1) is 0 Å². The predicted molar refractivity (Wildman–Crippen MR) is 69.2 cm³/mol. The highest BCUT2D eigenvalue weighted by Crippen LogP contribution is 2.32. The van der Waals surface area contributed by atoms with Crippen LogP contribution in [0.4, 0.5) is 14.5 Å². The number of nitrogens with one attached hydrogen (secondary N) is 1. The van der Waals surface area contributed by atoms with Gasteiger partial charge in [-0.05, 0) is 26.0 Å². The number of rotatable bonds is 6. The fraction of sp³-hybridized carbons (Fsp3) is 0.538. The maximum Gasteiger partial charge on any atom is 0.308 e. The standard InChI is InChI=1S/C13H18F2N2O2/c1-4-5-16-9(3)8(2)11-6-10(14)7-12(15)13(11)17(18)19/h6-9,16H,4-5H2,1-3H3. The summed E-state index contributed by atoms with van der Waals surface area (Å²) in [7, 11) is 0. The zero-order chi connectivity index (χ0) is 14.6. The zero-order valence-corrected chi connectivity index (χ0v) is 11.2. The van der Waals surface area contributed by atoms with Crippen molar-refractivity contribution in [3.05, 3.63) is 39.4 Å². The van der Waals surface area contributed by atoms with Crippen molar-refractivity contribution in [3.63, 3.8) is 0 Å². The lowest BCUT2D eigenvalue weighted by Crippen LogP contribution is -2.31. The van der Waals surface area contributed by atoms with E-state index < -0.39 is 22.2 Å². The average Bonchev–Trinajstić information content (AvgIpc) is 2.33. The number of nitrogens with zero attached hydrogens (tertiary/aromatic N) is 1. The van der Waals surface area contributed by atoms with Crippen LogP contribution in [0.25, 0.3) is 0 Å². The molecule has 0 aliphatic heterocycles. The summed E-state index contributed by atoms with van der Waals surface area (Å²) in [6.45, 7) is 6.30. The first-order valence-corrected chi connectivity index (χ1v) is 6.25. The van der Waals surface area contributed by atoms with Gasteiger partial charge >= 0.3 is 5.69 Å². The Kier molecular flexibility index (Phi) is 5.35. The Morgan fingerprint density at radius 1 is 1.37 bits per heavy atom. The number of benzene rings is 1. The normalized spacial score (nSPS) is 14.2. The molecule has 4 nitrogen and oxygen atoms in total. The topological polar surface area (TPSA) is 55.2 Å². The molecule has 0 radical (unpaired) electrons. The van der Waals surface area contributed by atoms with E-state index in [2.05, 4.69) is 5.32 Å². The molecule has 0 amide bonds. The third kappa shape index (κ3) is 3.70. The molecule has 1 aromatic carbocycles. The van der Waals surface area contributed by atoms with Gasteiger partial charge in [0, 0.05) is 23.6 Å². The van der Waals surface area contributed by atoms with Crippen molar-refractivity contribution in [3.8, 4) is 0 Å². The minimum Gasteiger partial charge on any atom is -0.314 e. The summed E-state index contributed by atoms with van der Waals surface area (Å²) in [6, 6.07) is 1.47. The number of nitro groups is 1. The van der Waals surface area contributed by atoms with Crippen LogP contribution in [0.3, 0.4) is 0 Å². The molecule has 0 aliphatic carbocycles. The largest absolute Gasteiger partial charge is 0.314 e. The molecule has 1 rings (SSSR count). The van der Waals surface area contributed by atoms with E-state index in [4.69, 9.17) is 0 Å². The Morgan fingerprint density at radius 2 is 2.00 bits per heavy atom. The van der Waals surface area contributed by atoms with Gasteiger partial charge in [0.15, 0.2) is 0 Å². The van der Waals surface area contributed by atoms with Crippen LogP contribution in [0.2, 0.25) is 0 Å². The summed E-state index contributed by atoms with van der Waals surface area (Å²) in [5, 5.41) is 14.1. The van der Waals surface area contributed by atoms with Gasteiger partial charge in [0.2, 0.25) is 5.82 Å². The average molecular weight is 272 g/mol. The Bertz CT molecular complexity index is 466. The second-order valence-corrected chi connectivity index (χ2v) is 4.61. The molecular weight excluding hydrogens is 254 g/mol. The molecule has 0 fully saturated rings. The molecule has 0 saturated carbocycles. The molecule has 106 valence electrons. The van der Waals surface area contributed by atoms with Crippen LogP contribution in [0.1, 0.15) is 38.7 Å². The molecule has 2 atom stereocenters. The highest BCUT2D eigenvalue weighted by atomic mass is 19.1. The van der Waals surface area contributed by atoms with Crippen LogP contribution >= 0.6 is 0 Å². The van der Waals surface area contributed by atoms with Gasteiger partial charge in [-0.3, -0.25) is 10.1 Å². The predicted octanol–water partition coefficient (Wildman–Crippen LogP) is 3.36. The molecule has 0 spiro atoms. The third-order valence-corrected chi connectivity index (χ3v) is 3.20. The van der Waals surface area contributed by atoms with E-state index in [0.717, 1.165) is 19.0 Å². The smallest absolute Gasteiger partial charge is 0.308 e. The SMILES string of the molecule is CCCNC(C)C(C)c1cc(F)cc(F)c1[N+](=O)[O-]. The van der Waals surface area contributed by atoms with Gasteiger partial charge in [0.1, 0.15) is 5.82 Å². The zero-order valence-electron chi connectivity index (χ0n) is 11.2. The van der Waals surface area contributed by atoms with Crippen molar-refractivity contribution in [1.82, 2.24) is 5.32 Å². The van der Waals surface area contributed by atoms with E-state index in [0.29, 0.717) is 6.07 Å².